The van der Waals surface area contributed by atoms with Gasteiger partial charge in [0.05, 0.1) is 11.3 Å². The first-order valence-electron chi connectivity index (χ1n) is 6.19. The molecule has 1 N–H and O–H groups in total. The zero-order valence-electron chi connectivity index (χ0n) is 10.2. The number of carbonyl (C=O) groups excluding carboxylic acids is 1. The summed E-state index contributed by atoms with van der Waals surface area (Å²) in [7, 11) is 0. The summed E-state index contributed by atoms with van der Waals surface area (Å²) in [5.74, 6) is 0.467. The number of aromatic nitrogens is 2. The van der Waals surface area contributed by atoms with Crippen molar-refractivity contribution in [3.05, 3.63) is 23.8 Å². The molecule has 0 radical (unpaired) electrons. The third kappa shape index (κ3) is 2.04. The van der Waals surface area contributed by atoms with E-state index in [-0.39, 0.29) is 11.3 Å². The van der Waals surface area contributed by atoms with Crippen LogP contribution in [0.3, 0.4) is 0 Å². The van der Waals surface area contributed by atoms with Crippen molar-refractivity contribution in [3.63, 3.8) is 0 Å². The summed E-state index contributed by atoms with van der Waals surface area (Å²) in [6.07, 6.45) is 6.53. The van der Waals surface area contributed by atoms with E-state index >= 15 is 0 Å². The van der Waals surface area contributed by atoms with E-state index in [9.17, 15) is 4.79 Å². The van der Waals surface area contributed by atoms with Crippen LogP contribution < -0.4 is 5.32 Å². The number of hydrogen-bond donors (Lipinski definition) is 1. The number of nitrogens with one attached hydrogen (secondary N) is 1. The zero-order chi connectivity index (χ0) is 12.0. The first kappa shape index (κ1) is 10.7. The van der Waals surface area contributed by atoms with E-state index in [4.69, 9.17) is 0 Å². The number of hydrogen-bond acceptors (Lipinski definition) is 3. The number of rotatable bonds is 3. The minimum Gasteiger partial charge on any atom is -0.349 e. The Morgan fingerprint density at radius 3 is 2.76 bits per heavy atom. The summed E-state index contributed by atoms with van der Waals surface area (Å²) in [5, 5.41) is 3.06. The smallest absolute Gasteiger partial charge is 0.254 e. The van der Waals surface area contributed by atoms with Crippen LogP contribution in [0.2, 0.25) is 0 Å². The van der Waals surface area contributed by atoms with Gasteiger partial charge in [0.15, 0.2) is 0 Å². The second-order valence-electron chi connectivity index (χ2n) is 5.81. The Labute approximate surface area is 101 Å². The molecule has 4 heteroatoms. The Kier molecular flexibility index (Phi) is 2.21. The SMILES string of the molecule is CC1(C)C[C@@H]1NC(=O)c1cncnc1C1CC1. The fraction of sp³-hybridized carbons (Fsp3) is 0.615. The molecule has 2 saturated carbocycles. The Balaban J connectivity index is 1.77. The number of carbonyl (C=O) groups is 1. The molecule has 4 nitrogen and oxygen atoms in total. The van der Waals surface area contributed by atoms with Gasteiger partial charge in [0.1, 0.15) is 6.33 Å². The second kappa shape index (κ2) is 3.52. The molecule has 0 bridgehead atoms. The molecule has 2 aliphatic carbocycles. The second-order valence-corrected chi connectivity index (χ2v) is 5.81. The van der Waals surface area contributed by atoms with E-state index in [1.165, 1.54) is 6.33 Å². The van der Waals surface area contributed by atoms with Crippen LogP contribution in [0, 0.1) is 5.41 Å². The molecule has 2 aliphatic rings. The van der Waals surface area contributed by atoms with Crippen molar-refractivity contribution in [2.24, 2.45) is 5.41 Å². The molecule has 17 heavy (non-hydrogen) atoms. The summed E-state index contributed by atoms with van der Waals surface area (Å²) in [4.78, 5) is 20.4. The number of nitrogens with zero attached hydrogens (tertiary/aromatic N) is 2. The molecule has 1 aromatic heterocycles. The van der Waals surface area contributed by atoms with Crippen molar-refractivity contribution < 1.29 is 4.79 Å². The standard InChI is InChI=1S/C13H17N3O/c1-13(2)5-10(13)16-12(17)9-6-14-7-15-11(9)8-3-4-8/h6-8,10H,3-5H2,1-2H3,(H,16,17)/t10-/m0/s1. The first-order valence-corrected chi connectivity index (χ1v) is 6.19. The summed E-state index contributed by atoms with van der Waals surface area (Å²) in [6, 6.07) is 0.308. The van der Waals surface area contributed by atoms with Crippen LogP contribution in [0.4, 0.5) is 0 Å². The Bertz CT molecular complexity index is 465. The monoisotopic (exact) mass is 231 g/mol. The molecule has 0 aliphatic heterocycles. The zero-order valence-corrected chi connectivity index (χ0v) is 10.2. The highest BCUT2D eigenvalue weighted by molar-refractivity contribution is 5.95. The molecule has 0 saturated heterocycles. The van der Waals surface area contributed by atoms with Gasteiger partial charge in [-0.15, -0.1) is 0 Å². The van der Waals surface area contributed by atoms with E-state index in [1.54, 1.807) is 6.20 Å². The van der Waals surface area contributed by atoms with E-state index < -0.39 is 0 Å². The lowest BCUT2D eigenvalue weighted by Crippen LogP contribution is -2.29. The normalized spacial score (nSPS) is 25.4. The lowest BCUT2D eigenvalue weighted by atomic mass is 10.1. The van der Waals surface area contributed by atoms with Gasteiger partial charge >= 0.3 is 0 Å². The molecule has 90 valence electrons. The van der Waals surface area contributed by atoms with Crippen molar-refractivity contribution >= 4 is 5.91 Å². The topological polar surface area (TPSA) is 54.9 Å². The van der Waals surface area contributed by atoms with Gasteiger partial charge in [-0.1, -0.05) is 13.8 Å². The molecule has 1 amide bonds. The predicted molar refractivity (Wildman–Crippen MR) is 63.7 cm³/mol. The molecular weight excluding hydrogens is 214 g/mol. The van der Waals surface area contributed by atoms with Gasteiger partial charge in [-0.2, -0.15) is 0 Å². The van der Waals surface area contributed by atoms with E-state index in [0.29, 0.717) is 17.5 Å². The summed E-state index contributed by atoms with van der Waals surface area (Å²) >= 11 is 0. The van der Waals surface area contributed by atoms with Crippen LogP contribution in [0.25, 0.3) is 0 Å². The Morgan fingerprint density at radius 2 is 2.18 bits per heavy atom. The van der Waals surface area contributed by atoms with Crippen LogP contribution in [-0.2, 0) is 0 Å². The number of amides is 1. The Morgan fingerprint density at radius 1 is 1.47 bits per heavy atom. The van der Waals surface area contributed by atoms with Gasteiger partial charge in [0.2, 0.25) is 0 Å². The predicted octanol–water partition coefficient (Wildman–Crippen LogP) is 1.88. The van der Waals surface area contributed by atoms with E-state index in [0.717, 1.165) is 25.0 Å². The highest BCUT2D eigenvalue weighted by Gasteiger charge is 2.47. The summed E-state index contributed by atoms with van der Waals surface area (Å²) in [6.45, 7) is 4.34. The maximum Gasteiger partial charge on any atom is 0.254 e. The fourth-order valence-corrected chi connectivity index (χ4v) is 2.15. The highest BCUT2D eigenvalue weighted by Crippen LogP contribution is 2.45. The fourth-order valence-electron chi connectivity index (χ4n) is 2.15. The quantitative estimate of drug-likeness (QED) is 0.864. The third-order valence-corrected chi connectivity index (χ3v) is 3.77. The maximum absolute atomic E-state index is 12.1. The van der Waals surface area contributed by atoms with Gasteiger partial charge in [-0.05, 0) is 24.7 Å². The van der Waals surface area contributed by atoms with Crippen molar-refractivity contribution in [1.29, 1.82) is 0 Å². The molecule has 0 unspecified atom stereocenters. The van der Waals surface area contributed by atoms with Gasteiger partial charge in [-0.25, -0.2) is 9.97 Å². The average molecular weight is 231 g/mol. The summed E-state index contributed by atoms with van der Waals surface area (Å²) in [5.41, 5.74) is 1.85. The minimum absolute atomic E-state index is 0.0110. The molecule has 1 atom stereocenters. The molecule has 1 heterocycles. The largest absolute Gasteiger partial charge is 0.349 e. The minimum atomic E-state index is -0.0110. The van der Waals surface area contributed by atoms with Crippen LogP contribution in [-0.4, -0.2) is 21.9 Å². The van der Waals surface area contributed by atoms with Gasteiger partial charge in [-0.3, -0.25) is 4.79 Å². The maximum atomic E-state index is 12.1. The molecule has 3 rings (SSSR count). The van der Waals surface area contributed by atoms with Gasteiger partial charge in [0.25, 0.3) is 5.91 Å². The highest BCUT2D eigenvalue weighted by atomic mass is 16.1. The van der Waals surface area contributed by atoms with Crippen LogP contribution in [0.1, 0.15) is 55.1 Å². The van der Waals surface area contributed by atoms with Crippen molar-refractivity contribution in [1.82, 2.24) is 15.3 Å². The van der Waals surface area contributed by atoms with Crippen LogP contribution in [0.5, 0.6) is 0 Å². The molecule has 1 aromatic rings. The lowest BCUT2D eigenvalue weighted by molar-refractivity contribution is 0.0944. The molecule has 0 aromatic carbocycles. The van der Waals surface area contributed by atoms with Crippen molar-refractivity contribution in [2.45, 2.75) is 45.1 Å². The van der Waals surface area contributed by atoms with Crippen molar-refractivity contribution in [3.8, 4) is 0 Å². The summed E-state index contributed by atoms with van der Waals surface area (Å²) < 4.78 is 0. The Hall–Kier alpha value is -1.45. The molecule has 0 spiro atoms. The van der Waals surface area contributed by atoms with Crippen LogP contribution in [0.15, 0.2) is 12.5 Å². The third-order valence-electron chi connectivity index (χ3n) is 3.77. The van der Waals surface area contributed by atoms with Gasteiger partial charge in [0, 0.05) is 18.2 Å². The van der Waals surface area contributed by atoms with E-state index in [1.807, 2.05) is 0 Å². The first-order chi connectivity index (χ1) is 8.08. The lowest BCUT2D eigenvalue weighted by Gasteiger charge is -2.09. The van der Waals surface area contributed by atoms with Crippen molar-refractivity contribution in [2.75, 3.05) is 0 Å². The molecular formula is C13H17N3O. The van der Waals surface area contributed by atoms with Crippen LogP contribution >= 0.6 is 0 Å². The van der Waals surface area contributed by atoms with E-state index in [2.05, 4.69) is 29.1 Å². The average Bonchev–Trinajstić information content (AvgIpc) is 3.18. The molecule has 2 fully saturated rings. The van der Waals surface area contributed by atoms with Gasteiger partial charge < -0.3 is 5.32 Å².